The zero-order valence-electron chi connectivity index (χ0n) is 27.7. The Balaban J connectivity index is 1.21. The smallest absolute Gasteiger partial charge is 0.264 e. The number of methoxy groups -OCH3 is 1. The lowest BCUT2D eigenvalue weighted by molar-refractivity contribution is -0.147. The van der Waals surface area contributed by atoms with E-state index in [9.17, 15) is 18.0 Å². The molecule has 3 aromatic rings. The van der Waals surface area contributed by atoms with E-state index < -0.39 is 26.6 Å². The van der Waals surface area contributed by atoms with Crippen molar-refractivity contribution in [1.82, 2.24) is 14.2 Å². The number of rotatable bonds is 6. The maximum atomic E-state index is 14.9. The molecule has 4 atom stereocenters. The van der Waals surface area contributed by atoms with Gasteiger partial charge in [0.2, 0.25) is 15.9 Å². The first-order chi connectivity index (χ1) is 23.3. The largest absolute Gasteiger partial charge is 0.497 e. The Labute approximate surface area is 282 Å². The summed E-state index contributed by atoms with van der Waals surface area (Å²) < 4.78 is 42.6. The second kappa shape index (κ2) is 11.3. The zero-order valence-corrected chi connectivity index (χ0v) is 28.5. The van der Waals surface area contributed by atoms with Crippen molar-refractivity contribution in [2.24, 2.45) is 5.41 Å². The third kappa shape index (κ3) is 4.68. The molecular weight excluding hydrogens is 627 g/mol. The van der Waals surface area contributed by atoms with Gasteiger partial charge in [-0.2, -0.15) is 0 Å². The van der Waals surface area contributed by atoms with Gasteiger partial charge < -0.3 is 18.9 Å². The minimum Gasteiger partial charge on any atom is -0.497 e. The van der Waals surface area contributed by atoms with Gasteiger partial charge in [-0.05, 0) is 92.3 Å². The van der Waals surface area contributed by atoms with E-state index in [4.69, 9.17) is 9.47 Å². The van der Waals surface area contributed by atoms with E-state index in [1.54, 1.807) is 13.2 Å². The average molecular weight is 672 g/mol. The summed E-state index contributed by atoms with van der Waals surface area (Å²) >= 11 is 0. The molecule has 3 saturated carbocycles. The molecule has 0 radical (unpaired) electrons. The molecule has 254 valence electrons. The van der Waals surface area contributed by atoms with Gasteiger partial charge in [-0.15, -0.1) is 0 Å². The van der Waals surface area contributed by atoms with Crippen LogP contribution in [0.15, 0.2) is 36.4 Å². The van der Waals surface area contributed by atoms with Crippen LogP contribution in [0.2, 0.25) is 0 Å². The molecular formula is C38H45N3O6S. The zero-order chi connectivity index (χ0) is 32.8. The first kappa shape index (κ1) is 30.7. The molecule has 2 saturated heterocycles. The quantitative estimate of drug-likeness (QED) is 0.333. The molecule has 3 aliphatic carbocycles. The number of fused-ring (bicyclic) bond motifs is 9. The Bertz CT molecular complexity index is 1910. The SMILES string of the molecule is COc1ccc2c(c1)C1CC1(C(=O)N1C3CC[C@@H]1COC3)Cn1c-2c(C2CCCCC2)c2ccc(C(=O)NS(=O)(=O)C3CCCC3)cc21. The van der Waals surface area contributed by atoms with Gasteiger partial charge >= 0.3 is 0 Å². The first-order valence-corrected chi connectivity index (χ1v) is 19.6. The van der Waals surface area contributed by atoms with Crippen molar-refractivity contribution in [3.8, 4) is 17.0 Å². The fourth-order valence-corrected chi connectivity index (χ4v) is 11.6. The maximum absolute atomic E-state index is 14.9. The fourth-order valence-electron chi connectivity index (χ4n) is 10.1. The third-order valence-electron chi connectivity index (χ3n) is 12.7. The van der Waals surface area contributed by atoms with Crippen molar-refractivity contribution in [1.29, 1.82) is 0 Å². The average Bonchev–Trinajstić information content (AvgIpc) is 3.32. The molecule has 10 heteroatoms. The van der Waals surface area contributed by atoms with Crippen LogP contribution in [-0.2, 0) is 26.1 Å². The number of hydrogen-bond donors (Lipinski definition) is 1. The number of benzene rings is 2. The Morgan fingerprint density at radius 2 is 1.65 bits per heavy atom. The van der Waals surface area contributed by atoms with Gasteiger partial charge in [-0.3, -0.25) is 9.59 Å². The Morgan fingerprint density at radius 1 is 0.917 bits per heavy atom. The number of carbonyl (C=O) groups is 2. The van der Waals surface area contributed by atoms with Gasteiger partial charge in [0.15, 0.2) is 0 Å². The Hall–Kier alpha value is -3.37. The number of morpholine rings is 1. The monoisotopic (exact) mass is 671 g/mol. The summed E-state index contributed by atoms with van der Waals surface area (Å²) in [6, 6.07) is 12.3. The summed E-state index contributed by atoms with van der Waals surface area (Å²) in [6.45, 7) is 1.71. The van der Waals surface area contributed by atoms with Crippen LogP contribution >= 0.6 is 0 Å². The molecule has 9 rings (SSSR count). The first-order valence-electron chi connectivity index (χ1n) is 18.1. The van der Waals surface area contributed by atoms with Crippen LogP contribution in [0.1, 0.15) is 110 Å². The molecule has 2 aromatic carbocycles. The summed E-state index contributed by atoms with van der Waals surface area (Å²) in [7, 11) is -2.07. The third-order valence-corrected chi connectivity index (χ3v) is 14.5. The molecule has 1 aromatic heterocycles. The number of sulfonamides is 1. The van der Waals surface area contributed by atoms with Crippen molar-refractivity contribution in [3.05, 3.63) is 53.1 Å². The van der Waals surface area contributed by atoms with Gasteiger partial charge in [0.25, 0.3) is 5.91 Å². The summed E-state index contributed by atoms with van der Waals surface area (Å²) in [5, 5.41) is 0.580. The molecule has 5 fully saturated rings. The summed E-state index contributed by atoms with van der Waals surface area (Å²) in [4.78, 5) is 30.7. The van der Waals surface area contributed by atoms with Gasteiger partial charge in [-0.25, -0.2) is 13.1 Å². The Morgan fingerprint density at radius 3 is 2.38 bits per heavy atom. The summed E-state index contributed by atoms with van der Waals surface area (Å²) in [5.41, 5.74) is 5.39. The fraction of sp³-hybridized carbons (Fsp3) is 0.579. The van der Waals surface area contributed by atoms with E-state index in [0.717, 1.165) is 72.9 Å². The van der Waals surface area contributed by atoms with Crippen LogP contribution in [0.4, 0.5) is 0 Å². The molecule has 6 aliphatic rings. The molecule has 48 heavy (non-hydrogen) atoms. The highest BCUT2D eigenvalue weighted by Gasteiger charge is 2.65. The molecule has 0 spiro atoms. The summed E-state index contributed by atoms with van der Waals surface area (Å²) in [6.07, 6.45) is 11.4. The van der Waals surface area contributed by atoms with Gasteiger partial charge in [0.1, 0.15) is 5.75 Å². The van der Waals surface area contributed by atoms with Gasteiger partial charge in [0.05, 0.1) is 48.8 Å². The van der Waals surface area contributed by atoms with Crippen LogP contribution in [0, 0.1) is 5.41 Å². The number of carbonyl (C=O) groups excluding carboxylic acids is 2. The van der Waals surface area contributed by atoms with E-state index >= 15 is 0 Å². The maximum Gasteiger partial charge on any atom is 0.264 e. The minimum atomic E-state index is -3.76. The van der Waals surface area contributed by atoms with Crippen molar-refractivity contribution >= 4 is 32.7 Å². The summed E-state index contributed by atoms with van der Waals surface area (Å²) in [5.74, 6) is 0.861. The van der Waals surface area contributed by atoms with Crippen molar-refractivity contribution in [2.75, 3.05) is 20.3 Å². The molecule has 1 N–H and O–H groups in total. The van der Waals surface area contributed by atoms with E-state index in [0.29, 0.717) is 44.1 Å². The van der Waals surface area contributed by atoms with Crippen molar-refractivity contribution in [2.45, 2.75) is 113 Å². The normalized spacial score (nSPS) is 28.4. The van der Waals surface area contributed by atoms with Crippen LogP contribution in [-0.4, -0.2) is 67.4 Å². The minimum absolute atomic E-state index is 0.0644. The number of hydrogen-bond acceptors (Lipinski definition) is 6. The highest BCUT2D eigenvalue weighted by molar-refractivity contribution is 7.90. The number of nitrogens with one attached hydrogen (secondary N) is 1. The molecule has 2 bridgehead atoms. The standard InChI is InChI=1S/C38H45N3O6S/c1-46-27-14-16-29-31(18-27)32-19-38(32,37(43)41-25-12-13-26(41)21-47-20-25)22-40-33-17-24(36(42)39-48(44,45)28-9-5-6-10-28)11-15-30(33)34(35(29)40)23-7-3-2-4-8-23/h11,14-18,23,25-26,28,32H,2-10,12-13,19-22H2,1H3,(H,39,42)/t25-,26?,32?,38?/m1/s1. The number of nitrogens with zero attached hydrogens (tertiary/aromatic N) is 2. The van der Waals surface area contributed by atoms with E-state index in [2.05, 4.69) is 26.3 Å². The highest BCUT2D eigenvalue weighted by Crippen LogP contribution is 2.66. The topological polar surface area (TPSA) is 107 Å². The van der Waals surface area contributed by atoms with Crippen molar-refractivity contribution < 1.29 is 27.5 Å². The highest BCUT2D eigenvalue weighted by atomic mass is 32.2. The van der Waals surface area contributed by atoms with Crippen molar-refractivity contribution in [3.63, 3.8) is 0 Å². The lowest BCUT2D eigenvalue weighted by atomic mass is 9.81. The lowest BCUT2D eigenvalue weighted by Gasteiger charge is -2.37. The molecule has 2 amide bonds. The van der Waals surface area contributed by atoms with E-state index in [1.165, 1.54) is 30.4 Å². The van der Waals surface area contributed by atoms with Crippen LogP contribution in [0.5, 0.6) is 5.75 Å². The van der Waals surface area contributed by atoms with Gasteiger partial charge in [0, 0.05) is 34.5 Å². The predicted octanol–water partition coefficient (Wildman–Crippen LogP) is 6.24. The number of aromatic nitrogens is 1. The second-order valence-corrected chi connectivity index (χ2v) is 17.3. The van der Waals surface area contributed by atoms with Gasteiger partial charge in [-0.1, -0.05) is 38.2 Å². The van der Waals surface area contributed by atoms with Crippen LogP contribution < -0.4 is 9.46 Å². The van der Waals surface area contributed by atoms with Crippen LogP contribution in [0.3, 0.4) is 0 Å². The van der Waals surface area contributed by atoms with E-state index in [-0.39, 0.29) is 23.9 Å². The Kier molecular flexibility index (Phi) is 7.24. The number of amides is 2. The molecule has 9 nitrogen and oxygen atoms in total. The predicted molar refractivity (Wildman–Crippen MR) is 183 cm³/mol. The number of ether oxygens (including phenoxy) is 2. The van der Waals surface area contributed by atoms with Crippen LogP contribution in [0.25, 0.3) is 22.2 Å². The van der Waals surface area contributed by atoms with E-state index in [1.807, 2.05) is 18.2 Å². The lowest BCUT2D eigenvalue weighted by Crippen LogP contribution is -2.52. The molecule has 3 unspecified atom stereocenters. The molecule has 4 heterocycles. The second-order valence-electron chi connectivity index (χ2n) is 15.3. The molecule has 3 aliphatic heterocycles.